The quantitative estimate of drug-likeness (QED) is 0.712. The van der Waals surface area contributed by atoms with Crippen LogP contribution in [0.5, 0.6) is 0 Å². The standard InChI is InChI=1S/C15H18N2O4/c1-9(2)12(14(19)16-10(3)15(20)21)17-13(18)11-7-5-4-6-8-11/h4-8,10H,1-3H3,(H,16,19)(H,17,18)(H,20,21)/t10-/m0/s1. The number of aliphatic carboxylic acids is 1. The Morgan fingerprint density at radius 1 is 1.10 bits per heavy atom. The normalized spacial score (nSPS) is 11.2. The third-order valence-corrected chi connectivity index (χ3v) is 2.72. The number of hydrogen-bond acceptors (Lipinski definition) is 3. The molecule has 0 aliphatic heterocycles. The van der Waals surface area contributed by atoms with Crippen LogP contribution in [0.3, 0.4) is 0 Å². The van der Waals surface area contributed by atoms with Crippen molar-refractivity contribution in [2.75, 3.05) is 0 Å². The second-order valence-electron chi connectivity index (χ2n) is 4.73. The van der Waals surface area contributed by atoms with E-state index in [4.69, 9.17) is 5.11 Å². The van der Waals surface area contributed by atoms with Crippen molar-refractivity contribution in [1.29, 1.82) is 0 Å². The Hall–Kier alpha value is -2.63. The zero-order valence-electron chi connectivity index (χ0n) is 12.1. The first kappa shape index (κ1) is 16.4. The van der Waals surface area contributed by atoms with Crippen LogP contribution in [0.25, 0.3) is 0 Å². The minimum Gasteiger partial charge on any atom is -0.480 e. The van der Waals surface area contributed by atoms with Gasteiger partial charge in [-0.15, -0.1) is 0 Å². The number of allylic oxidation sites excluding steroid dienone is 1. The largest absolute Gasteiger partial charge is 0.480 e. The molecule has 3 N–H and O–H groups in total. The lowest BCUT2D eigenvalue weighted by Crippen LogP contribution is -2.43. The molecule has 0 heterocycles. The van der Waals surface area contributed by atoms with E-state index in [9.17, 15) is 14.4 Å². The minimum absolute atomic E-state index is 0.0527. The molecule has 0 saturated heterocycles. The molecule has 0 fully saturated rings. The molecule has 1 aromatic rings. The summed E-state index contributed by atoms with van der Waals surface area (Å²) in [6, 6.07) is 7.40. The summed E-state index contributed by atoms with van der Waals surface area (Å²) in [6.07, 6.45) is 0. The van der Waals surface area contributed by atoms with E-state index in [2.05, 4.69) is 10.6 Å². The summed E-state index contributed by atoms with van der Waals surface area (Å²) in [5, 5.41) is 13.6. The highest BCUT2D eigenvalue weighted by Crippen LogP contribution is 2.04. The van der Waals surface area contributed by atoms with Gasteiger partial charge in [-0.05, 0) is 38.5 Å². The molecule has 2 amide bonds. The van der Waals surface area contributed by atoms with Crippen LogP contribution in [0.1, 0.15) is 31.1 Å². The fourth-order valence-electron chi connectivity index (χ4n) is 1.51. The minimum atomic E-state index is -1.15. The van der Waals surface area contributed by atoms with Gasteiger partial charge in [-0.25, -0.2) is 0 Å². The first-order valence-electron chi connectivity index (χ1n) is 6.40. The van der Waals surface area contributed by atoms with E-state index >= 15 is 0 Å². The van der Waals surface area contributed by atoms with Gasteiger partial charge in [0.15, 0.2) is 0 Å². The molecule has 21 heavy (non-hydrogen) atoms. The molecule has 0 aliphatic carbocycles. The van der Waals surface area contributed by atoms with Crippen molar-refractivity contribution < 1.29 is 19.5 Å². The summed E-state index contributed by atoms with van der Waals surface area (Å²) < 4.78 is 0. The van der Waals surface area contributed by atoms with Gasteiger partial charge in [0, 0.05) is 5.56 Å². The SMILES string of the molecule is CC(C)=C(NC(=O)c1ccccc1)C(=O)N[C@@H](C)C(=O)O. The Morgan fingerprint density at radius 2 is 1.67 bits per heavy atom. The number of carbonyl (C=O) groups excluding carboxylic acids is 2. The maximum Gasteiger partial charge on any atom is 0.325 e. The van der Waals surface area contributed by atoms with Gasteiger partial charge in [0.1, 0.15) is 11.7 Å². The molecule has 0 radical (unpaired) electrons. The summed E-state index contributed by atoms with van der Waals surface area (Å²) in [6.45, 7) is 4.67. The maximum absolute atomic E-state index is 12.0. The third-order valence-electron chi connectivity index (χ3n) is 2.72. The predicted molar refractivity (Wildman–Crippen MR) is 77.5 cm³/mol. The molecule has 0 aromatic heterocycles. The Labute approximate surface area is 122 Å². The van der Waals surface area contributed by atoms with Crippen LogP contribution in [0.4, 0.5) is 0 Å². The Kier molecular flexibility index (Phi) is 5.66. The summed E-state index contributed by atoms with van der Waals surface area (Å²) >= 11 is 0. The van der Waals surface area contributed by atoms with Gasteiger partial charge in [-0.3, -0.25) is 14.4 Å². The van der Waals surface area contributed by atoms with Crippen molar-refractivity contribution in [3.05, 3.63) is 47.2 Å². The van der Waals surface area contributed by atoms with E-state index in [1.165, 1.54) is 6.92 Å². The van der Waals surface area contributed by atoms with Crippen molar-refractivity contribution in [3.8, 4) is 0 Å². The van der Waals surface area contributed by atoms with Gasteiger partial charge in [0.05, 0.1) is 0 Å². The van der Waals surface area contributed by atoms with Crippen LogP contribution in [0, 0.1) is 0 Å². The van der Waals surface area contributed by atoms with E-state index in [1.54, 1.807) is 44.2 Å². The van der Waals surface area contributed by atoms with Crippen molar-refractivity contribution in [2.24, 2.45) is 0 Å². The zero-order chi connectivity index (χ0) is 16.0. The van der Waals surface area contributed by atoms with E-state index < -0.39 is 23.8 Å². The third kappa shape index (κ3) is 4.76. The summed E-state index contributed by atoms with van der Waals surface area (Å²) in [7, 11) is 0. The molecule has 1 atom stereocenters. The molecule has 6 heteroatoms. The molecular formula is C15H18N2O4. The lowest BCUT2D eigenvalue weighted by molar-refractivity contribution is -0.140. The second kappa shape index (κ2) is 7.23. The fraction of sp³-hybridized carbons (Fsp3) is 0.267. The molecule has 1 aromatic carbocycles. The van der Waals surface area contributed by atoms with Gasteiger partial charge in [0.25, 0.3) is 11.8 Å². The van der Waals surface area contributed by atoms with Crippen molar-refractivity contribution in [3.63, 3.8) is 0 Å². The number of amides is 2. The fourth-order valence-corrected chi connectivity index (χ4v) is 1.51. The molecule has 1 rings (SSSR count). The number of carboxylic acid groups (broad SMARTS) is 1. The van der Waals surface area contributed by atoms with Gasteiger partial charge >= 0.3 is 5.97 Å². The van der Waals surface area contributed by atoms with Crippen LogP contribution in [0.2, 0.25) is 0 Å². The molecule has 0 bridgehead atoms. The van der Waals surface area contributed by atoms with Gasteiger partial charge in [-0.1, -0.05) is 18.2 Å². The molecule has 0 unspecified atom stereocenters. The summed E-state index contributed by atoms with van der Waals surface area (Å²) in [5.74, 6) is -2.20. The Balaban J connectivity index is 2.85. The van der Waals surface area contributed by atoms with Crippen LogP contribution >= 0.6 is 0 Å². The molecule has 0 saturated carbocycles. The van der Waals surface area contributed by atoms with Crippen molar-refractivity contribution >= 4 is 17.8 Å². The molecule has 0 aliphatic rings. The summed E-state index contributed by atoms with van der Waals surface area (Å²) in [4.78, 5) is 34.8. The lowest BCUT2D eigenvalue weighted by atomic mass is 10.2. The van der Waals surface area contributed by atoms with E-state index in [1.807, 2.05) is 0 Å². The number of nitrogens with one attached hydrogen (secondary N) is 2. The maximum atomic E-state index is 12.0. The van der Waals surface area contributed by atoms with E-state index in [0.29, 0.717) is 11.1 Å². The van der Waals surface area contributed by atoms with Crippen LogP contribution in [-0.2, 0) is 9.59 Å². The van der Waals surface area contributed by atoms with E-state index in [0.717, 1.165) is 0 Å². The smallest absolute Gasteiger partial charge is 0.325 e. The number of rotatable bonds is 5. The van der Waals surface area contributed by atoms with Crippen LogP contribution in [-0.4, -0.2) is 28.9 Å². The van der Waals surface area contributed by atoms with Crippen LogP contribution in [0.15, 0.2) is 41.6 Å². The van der Waals surface area contributed by atoms with E-state index in [-0.39, 0.29) is 5.70 Å². The van der Waals surface area contributed by atoms with Crippen LogP contribution < -0.4 is 10.6 Å². The number of hydrogen-bond donors (Lipinski definition) is 3. The number of carbonyl (C=O) groups is 3. The molecule has 6 nitrogen and oxygen atoms in total. The first-order chi connectivity index (χ1) is 9.82. The average molecular weight is 290 g/mol. The number of benzene rings is 1. The van der Waals surface area contributed by atoms with Crippen molar-refractivity contribution in [2.45, 2.75) is 26.8 Å². The first-order valence-corrected chi connectivity index (χ1v) is 6.40. The molecule has 112 valence electrons. The Bertz CT molecular complexity index is 575. The lowest BCUT2D eigenvalue weighted by Gasteiger charge is -2.14. The molecular weight excluding hydrogens is 272 g/mol. The van der Waals surface area contributed by atoms with Gasteiger partial charge in [-0.2, -0.15) is 0 Å². The number of carboxylic acids is 1. The van der Waals surface area contributed by atoms with Gasteiger partial charge < -0.3 is 15.7 Å². The second-order valence-corrected chi connectivity index (χ2v) is 4.73. The monoisotopic (exact) mass is 290 g/mol. The highest BCUT2D eigenvalue weighted by Gasteiger charge is 2.20. The average Bonchev–Trinajstić information content (AvgIpc) is 2.44. The Morgan fingerprint density at radius 3 is 2.14 bits per heavy atom. The molecule has 0 spiro atoms. The topological polar surface area (TPSA) is 95.5 Å². The predicted octanol–water partition coefficient (Wildman–Crippen LogP) is 1.30. The summed E-state index contributed by atoms with van der Waals surface area (Å²) in [5.41, 5.74) is 1.04. The highest BCUT2D eigenvalue weighted by molar-refractivity contribution is 6.03. The zero-order valence-corrected chi connectivity index (χ0v) is 12.1. The van der Waals surface area contributed by atoms with Gasteiger partial charge in [0.2, 0.25) is 0 Å². The van der Waals surface area contributed by atoms with Crippen molar-refractivity contribution in [1.82, 2.24) is 10.6 Å². The highest BCUT2D eigenvalue weighted by atomic mass is 16.4.